The number of hydrogen-bond donors (Lipinski definition) is 1. The average molecular weight is 289 g/mol. The molecule has 0 fully saturated rings. The molecular weight excluding hydrogens is 270 g/mol. The Labute approximate surface area is 124 Å². The molecule has 0 spiro atoms. The molecular formula is C16H19NO2S. The van der Waals surface area contributed by atoms with Gasteiger partial charge in [0, 0.05) is 22.7 Å². The van der Waals surface area contributed by atoms with Crippen LogP contribution in [0.3, 0.4) is 0 Å². The predicted molar refractivity (Wildman–Crippen MR) is 85.1 cm³/mol. The van der Waals surface area contributed by atoms with Gasteiger partial charge in [-0.05, 0) is 48.7 Å². The number of anilines is 1. The summed E-state index contributed by atoms with van der Waals surface area (Å²) in [6, 6.07) is 14.2. The van der Waals surface area contributed by atoms with Gasteiger partial charge in [-0.1, -0.05) is 0 Å². The Bertz CT molecular complexity index is 555. The van der Waals surface area contributed by atoms with Crippen molar-refractivity contribution in [1.29, 1.82) is 0 Å². The molecule has 0 unspecified atom stereocenters. The third-order valence-corrected chi connectivity index (χ3v) is 3.80. The van der Waals surface area contributed by atoms with Gasteiger partial charge in [0.2, 0.25) is 0 Å². The highest BCUT2D eigenvalue weighted by molar-refractivity contribution is 7.98. The standard InChI is InChI=1S/C16H19NO2S/c1-18-14-6-9-16(19-2)12(10-14)11-17-13-4-7-15(20-3)8-5-13/h4-10,17H,11H2,1-3H3. The Morgan fingerprint density at radius 2 is 1.75 bits per heavy atom. The summed E-state index contributed by atoms with van der Waals surface area (Å²) < 4.78 is 10.6. The van der Waals surface area contributed by atoms with E-state index >= 15 is 0 Å². The topological polar surface area (TPSA) is 30.5 Å². The summed E-state index contributed by atoms with van der Waals surface area (Å²) in [4.78, 5) is 1.26. The van der Waals surface area contributed by atoms with Crippen molar-refractivity contribution < 1.29 is 9.47 Å². The number of methoxy groups -OCH3 is 2. The van der Waals surface area contributed by atoms with Crippen molar-refractivity contribution >= 4 is 17.4 Å². The Kier molecular flexibility index (Phi) is 5.18. The molecule has 2 aromatic carbocycles. The van der Waals surface area contributed by atoms with E-state index in [4.69, 9.17) is 9.47 Å². The van der Waals surface area contributed by atoms with Crippen molar-refractivity contribution in [1.82, 2.24) is 0 Å². The van der Waals surface area contributed by atoms with E-state index in [9.17, 15) is 0 Å². The zero-order chi connectivity index (χ0) is 14.4. The molecule has 0 aliphatic carbocycles. The maximum absolute atomic E-state index is 5.37. The highest BCUT2D eigenvalue weighted by Gasteiger charge is 2.05. The van der Waals surface area contributed by atoms with E-state index in [2.05, 4.69) is 35.8 Å². The van der Waals surface area contributed by atoms with Crippen molar-refractivity contribution in [2.45, 2.75) is 11.4 Å². The van der Waals surface area contributed by atoms with Crippen molar-refractivity contribution in [3.8, 4) is 11.5 Å². The number of benzene rings is 2. The van der Waals surface area contributed by atoms with Crippen LogP contribution in [0.4, 0.5) is 5.69 Å². The molecule has 0 saturated heterocycles. The molecule has 0 saturated carbocycles. The molecule has 20 heavy (non-hydrogen) atoms. The van der Waals surface area contributed by atoms with Gasteiger partial charge in [0.1, 0.15) is 11.5 Å². The second-order valence-corrected chi connectivity index (χ2v) is 5.14. The summed E-state index contributed by atoms with van der Waals surface area (Å²) in [6.45, 7) is 0.693. The fourth-order valence-corrected chi connectivity index (χ4v) is 2.33. The van der Waals surface area contributed by atoms with Gasteiger partial charge in [-0.2, -0.15) is 0 Å². The number of hydrogen-bond acceptors (Lipinski definition) is 4. The Balaban J connectivity index is 2.08. The first-order chi connectivity index (χ1) is 9.76. The van der Waals surface area contributed by atoms with Crippen LogP contribution in [0.5, 0.6) is 11.5 Å². The van der Waals surface area contributed by atoms with E-state index in [-0.39, 0.29) is 0 Å². The van der Waals surface area contributed by atoms with Gasteiger partial charge in [-0.15, -0.1) is 11.8 Å². The molecule has 106 valence electrons. The zero-order valence-corrected chi connectivity index (χ0v) is 12.8. The van der Waals surface area contributed by atoms with E-state index in [1.165, 1.54) is 4.90 Å². The Morgan fingerprint density at radius 1 is 1.00 bits per heavy atom. The van der Waals surface area contributed by atoms with Gasteiger partial charge in [0.05, 0.1) is 14.2 Å². The van der Waals surface area contributed by atoms with Gasteiger partial charge in [-0.3, -0.25) is 0 Å². The van der Waals surface area contributed by atoms with E-state index in [0.29, 0.717) is 6.54 Å². The molecule has 0 heterocycles. The third kappa shape index (κ3) is 3.61. The maximum atomic E-state index is 5.37. The Morgan fingerprint density at radius 3 is 2.35 bits per heavy atom. The Hall–Kier alpha value is -1.81. The van der Waals surface area contributed by atoms with Crippen LogP contribution in [0.1, 0.15) is 5.56 Å². The normalized spacial score (nSPS) is 10.2. The zero-order valence-electron chi connectivity index (χ0n) is 12.0. The molecule has 0 bridgehead atoms. The van der Waals surface area contributed by atoms with Crippen LogP contribution in [-0.2, 0) is 6.54 Å². The predicted octanol–water partition coefficient (Wildman–Crippen LogP) is 4.04. The van der Waals surface area contributed by atoms with Crippen LogP contribution in [0.2, 0.25) is 0 Å². The number of ether oxygens (including phenoxy) is 2. The van der Waals surface area contributed by atoms with E-state index in [1.54, 1.807) is 26.0 Å². The van der Waals surface area contributed by atoms with Crippen LogP contribution in [-0.4, -0.2) is 20.5 Å². The highest BCUT2D eigenvalue weighted by atomic mass is 32.2. The molecule has 2 rings (SSSR count). The molecule has 2 aromatic rings. The minimum atomic E-state index is 0.693. The minimum absolute atomic E-state index is 0.693. The summed E-state index contributed by atoms with van der Waals surface area (Å²) in [5, 5.41) is 3.39. The van der Waals surface area contributed by atoms with E-state index in [1.807, 2.05) is 18.2 Å². The monoisotopic (exact) mass is 289 g/mol. The average Bonchev–Trinajstić information content (AvgIpc) is 2.53. The molecule has 0 atom stereocenters. The van der Waals surface area contributed by atoms with Crippen molar-refractivity contribution in [3.63, 3.8) is 0 Å². The van der Waals surface area contributed by atoms with Gasteiger partial charge in [0.15, 0.2) is 0 Å². The van der Waals surface area contributed by atoms with Crippen molar-refractivity contribution in [3.05, 3.63) is 48.0 Å². The SMILES string of the molecule is COc1ccc(OC)c(CNc2ccc(SC)cc2)c1. The van der Waals surface area contributed by atoms with Gasteiger partial charge in [-0.25, -0.2) is 0 Å². The van der Waals surface area contributed by atoms with Gasteiger partial charge in [0.25, 0.3) is 0 Å². The molecule has 0 radical (unpaired) electrons. The van der Waals surface area contributed by atoms with Crippen LogP contribution in [0.15, 0.2) is 47.4 Å². The highest BCUT2D eigenvalue weighted by Crippen LogP contribution is 2.25. The number of rotatable bonds is 6. The number of nitrogens with one attached hydrogen (secondary N) is 1. The first-order valence-corrected chi connectivity index (χ1v) is 7.58. The molecule has 0 amide bonds. The lowest BCUT2D eigenvalue weighted by molar-refractivity contribution is 0.399. The van der Waals surface area contributed by atoms with E-state index in [0.717, 1.165) is 22.7 Å². The summed E-state index contributed by atoms with van der Waals surface area (Å²) >= 11 is 1.74. The second kappa shape index (κ2) is 7.10. The van der Waals surface area contributed by atoms with Crippen LogP contribution >= 0.6 is 11.8 Å². The van der Waals surface area contributed by atoms with Gasteiger partial charge >= 0.3 is 0 Å². The molecule has 0 aliphatic heterocycles. The summed E-state index contributed by atoms with van der Waals surface area (Å²) in [5.41, 5.74) is 2.16. The summed E-state index contributed by atoms with van der Waals surface area (Å²) in [5.74, 6) is 1.69. The first kappa shape index (κ1) is 14.6. The van der Waals surface area contributed by atoms with Crippen LogP contribution in [0.25, 0.3) is 0 Å². The fraction of sp³-hybridized carbons (Fsp3) is 0.250. The lowest BCUT2D eigenvalue weighted by Crippen LogP contribution is -2.02. The van der Waals surface area contributed by atoms with E-state index < -0.39 is 0 Å². The fourth-order valence-electron chi connectivity index (χ4n) is 1.93. The third-order valence-electron chi connectivity index (χ3n) is 3.06. The van der Waals surface area contributed by atoms with Crippen LogP contribution in [0, 0.1) is 0 Å². The maximum Gasteiger partial charge on any atom is 0.124 e. The molecule has 1 N–H and O–H groups in total. The summed E-state index contributed by atoms with van der Waals surface area (Å²) in [6.07, 6.45) is 2.07. The smallest absolute Gasteiger partial charge is 0.124 e. The first-order valence-electron chi connectivity index (χ1n) is 6.35. The van der Waals surface area contributed by atoms with Crippen molar-refractivity contribution in [2.75, 3.05) is 25.8 Å². The largest absolute Gasteiger partial charge is 0.497 e. The second-order valence-electron chi connectivity index (χ2n) is 4.26. The van der Waals surface area contributed by atoms with Crippen molar-refractivity contribution in [2.24, 2.45) is 0 Å². The lowest BCUT2D eigenvalue weighted by Gasteiger charge is -2.12. The molecule has 0 aliphatic rings. The molecule has 0 aromatic heterocycles. The van der Waals surface area contributed by atoms with Crippen LogP contribution < -0.4 is 14.8 Å². The lowest BCUT2D eigenvalue weighted by atomic mass is 10.2. The molecule has 4 heteroatoms. The quantitative estimate of drug-likeness (QED) is 0.813. The minimum Gasteiger partial charge on any atom is -0.497 e. The summed E-state index contributed by atoms with van der Waals surface area (Å²) in [7, 11) is 3.35. The van der Waals surface area contributed by atoms with Gasteiger partial charge < -0.3 is 14.8 Å². The molecule has 3 nitrogen and oxygen atoms in total. The number of thioether (sulfide) groups is 1.